The molecule has 3 heterocycles. The van der Waals surface area contributed by atoms with Gasteiger partial charge in [0, 0.05) is 51.1 Å². The van der Waals surface area contributed by atoms with Crippen molar-refractivity contribution in [2.45, 2.75) is 13.5 Å². The van der Waals surface area contributed by atoms with Crippen molar-refractivity contribution >= 4 is 32.8 Å². The summed E-state index contributed by atoms with van der Waals surface area (Å²) < 4.78 is 30.0. The van der Waals surface area contributed by atoms with E-state index in [-0.39, 0.29) is 6.54 Å². The van der Waals surface area contributed by atoms with Gasteiger partial charge in [0.15, 0.2) is 0 Å². The zero-order chi connectivity index (χ0) is 19.7. The number of fused-ring (bicyclic) bond motifs is 1. The SMILES string of the molecule is COc1cccc(-c2c(-c3cn[nH]c3)sc3nc(C)cc(CNS(=O)[O-])c23)c1. The Labute approximate surface area is 168 Å². The number of ether oxygens (including phenoxy) is 1. The second-order valence-electron chi connectivity index (χ2n) is 6.18. The molecule has 144 valence electrons. The normalized spacial score (nSPS) is 12.4. The van der Waals surface area contributed by atoms with Crippen LogP contribution in [0.4, 0.5) is 0 Å². The Morgan fingerprint density at radius 1 is 1.32 bits per heavy atom. The summed E-state index contributed by atoms with van der Waals surface area (Å²) in [6, 6.07) is 9.71. The molecule has 0 saturated carbocycles. The first kappa shape index (κ1) is 18.8. The van der Waals surface area contributed by atoms with Crippen LogP contribution in [0.15, 0.2) is 42.7 Å². The van der Waals surface area contributed by atoms with Crippen LogP contribution in [0.3, 0.4) is 0 Å². The lowest BCUT2D eigenvalue weighted by atomic mass is 9.97. The van der Waals surface area contributed by atoms with Crippen LogP contribution >= 0.6 is 11.3 Å². The lowest BCUT2D eigenvalue weighted by Gasteiger charge is -2.12. The van der Waals surface area contributed by atoms with Gasteiger partial charge >= 0.3 is 0 Å². The minimum atomic E-state index is -2.35. The smallest absolute Gasteiger partial charge is 0.125 e. The number of hydrogen-bond donors (Lipinski definition) is 2. The highest BCUT2D eigenvalue weighted by Crippen LogP contribution is 2.45. The first-order valence-corrected chi connectivity index (χ1v) is 10.4. The Hall–Kier alpha value is -2.59. The van der Waals surface area contributed by atoms with E-state index in [0.717, 1.165) is 48.8 Å². The van der Waals surface area contributed by atoms with Gasteiger partial charge in [-0.15, -0.1) is 11.3 Å². The number of benzene rings is 1. The van der Waals surface area contributed by atoms with Crippen molar-refractivity contribution in [1.82, 2.24) is 19.9 Å². The summed E-state index contributed by atoms with van der Waals surface area (Å²) in [5.74, 6) is 0.746. The highest BCUT2D eigenvalue weighted by molar-refractivity contribution is 7.77. The molecule has 0 bridgehead atoms. The van der Waals surface area contributed by atoms with Crippen LogP contribution in [-0.2, 0) is 17.8 Å². The molecule has 0 saturated heterocycles. The molecular formula is C19H17N4O3S2-. The van der Waals surface area contributed by atoms with Crippen molar-refractivity contribution in [3.63, 3.8) is 0 Å². The molecule has 9 heteroatoms. The Morgan fingerprint density at radius 2 is 2.18 bits per heavy atom. The summed E-state index contributed by atoms with van der Waals surface area (Å²) in [4.78, 5) is 6.56. The number of thiophene rings is 1. The first-order chi connectivity index (χ1) is 13.6. The molecule has 1 atom stereocenters. The van der Waals surface area contributed by atoms with E-state index in [1.807, 2.05) is 43.5 Å². The number of aryl methyl sites for hydroxylation is 1. The number of methoxy groups -OCH3 is 1. The van der Waals surface area contributed by atoms with Crippen LogP contribution in [0.5, 0.6) is 5.75 Å². The molecular weight excluding hydrogens is 396 g/mol. The van der Waals surface area contributed by atoms with Crippen LogP contribution < -0.4 is 9.46 Å². The largest absolute Gasteiger partial charge is 0.760 e. The third kappa shape index (κ3) is 3.57. The van der Waals surface area contributed by atoms with Crippen molar-refractivity contribution < 1.29 is 13.5 Å². The van der Waals surface area contributed by atoms with Crippen molar-refractivity contribution in [1.29, 1.82) is 0 Å². The first-order valence-electron chi connectivity index (χ1n) is 8.46. The van der Waals surface area contributed by atoms with Crippen molar-refractivity contribution in [3.05, 3.63) is 54.0 Å². The monoisotopic (exact) mass is 413 g/mol. The molecule has 1 unspecified atom stereocenters. The third-order valence-electron chi connectivity index (χ3n) is 4.37. The lowest BCUT2D eigenvalue weighted by Crippen LogP contribution is -2.16. The summed E-state index contributed by atoms with van der Waals surface area (Å²) in [6.45, 7) is 2.09. The molecule has 0 amide bonds. The zero-order valence-electron chi connectivity index (χ0n) is 15.2. The summed E-state index contributed by atoms with van der Waals surface area (Å²) in [5, 5.41) is 7.87. The van der Waals surface area contributed by atoms with Gasteiger partial charge in [-0.3, -0.25) is 9.31 Å². The molecule has 0 aliphatic heterocycles. The van der Waals surface area contributed by atoms with Gasteiger partial charge < -0.3 is 9.29 Å². The standard InChI is InChI=1S/C19H18N4O3S2/c1-11-6-13(10-22-28(24)25)17-16(12-4-3-5-15(7-12)26-2)18(27-19(17)23-11)14-8-20-21-9-14/h3-9,22H,10H2,1-2H3,(H,20,21)(H,24,25)/p-1. The summed E-state index contributed by atoms with van der Waals surface area (Å²) in [5.41, 5.74) is 4.61. The zero-order valence-corrected chi connectivity index (χ0v) is 16.8. The number of rotatable bonds is 6. The van der Waals surface area contributed by atoms with Crippen LogP contribution in [0.25, 0.3) is 31.8 Å². The summed E-state index contributed by atoms with van der Waals surface area (Å²) >= 11 is -0.788. The fraction of sp³-hybridized carbons (Fsp3) is 0.158. The predicted molar refractivity (Wildman–Crippen MR) is 110 cm³/mol. The average molecular weight is 414 g/mol. The van der Waals surface area contributed by atoms with E-state index in [9.17, 15) is 8.76 Å². The molecule has 7 nitrogen and oxygen atoms in total. The van der Waals surface area contributed by atoms with Crippen LogP contribution in [0, 0.1) is 6.92 Å². The molecule has 0 aliphatic carbocycles. The molecule has 0 aliphatic rings. The number of aromatic amines is 1. The number of nitrogens with one attached hydrogen (secondary N) is 2. The summed E-state index contributed by atoms with van der Waals surface area (Å²) in [6.07, 6.45) is 3.61. The van der Waals surface area contributed by atoms with Gasteiger partial charge in [-0.2, -0.15) is 5.10 Å². The number of hydrogen-bond acceptors (Lipinski definition) is 6. The van der Waals surface area contributed by atoms with E-state index < -0.39 is 11.3 Å². The van der Waals surface area contributed by atoms with Gasteiger partial charge in [-0.25, -0.2) is 9.71 Å². The second kappa shape index (κ2) is 7.80. The highest BCUT2D eigenvalue weighted by Gasteiger charge is 2.20. The fourth-order valence-corrected chi connectivity index (χ4v) is 4.76. The molecule has 2 N–H and O–H groups in total. The quantitative estimate of drug-likeness (QED) is 0.471. The molecule has 4 rings (SSSR count). The Morgan fingerprint density at radius 3 is 2.89 bits per heavy atom. The second-order valence-corrected chi connectivity index (χ2v) is 7.94. The maximum atomic E-state index is 11.1. The van der Waals surface area contributed by atoms with E-state index in [2.05, 4.69) is 14.9 Å². The number of H-pyrrole nitrogens is 1. The van der Waals surface area contributed by atoms with E-state index in [1.54, 1.807) is 24.6 Å². The molecule has 1 aromatic carbocycles. The topological polar surface area (TPSA) is 103 Å². The molecule has 4 aromatic rings. The maximum absolute atomic E-state index is 11.1. The Balaban J connectivity index is 2.03. The predicted octanol–water partition coefficient (Wildman–Crippen LogP) is 3.55. The number of nitrogens with zero attached hydrogens (tertiary/aromatic N) is 2. The van der Waals surface area contributed by atoms with E-state index in [1.165, 1.54) is 0 Å². The van der Waals surface area contributed by atoms with Crippen LogP contribution in [0.1, 0.15) is 11.3 Å². The molecule has 3 aromatic heterocycles. The van der Waals surface area contributed by atoms with Crippen molar-refractivity contribution in [2.24, 2.45) is 0 Å². The van der Waals surface area contributed by atoms with E-state index >= 15 is 0 Å². The molecule has 0 radical (unpaired) electrons. The van der Waals surface area contributed by atoms with Crippen LogP contribution in [-0.4, -0.2) is 31.1 Å². The highest BCUT2D eigenvalue weighted by atomic mass is 32.2. The van der Waals surface area contributed by atoms with Gasteiger partial charge in [-0.1, -0.05) is 12.1 Å². The minimum Gasteiger partial charge on any atom is -0.760 e. The van der Waals surface area contributed by atoms with E-state index in [4.69, 9.17) is 9.72 Å². The average Bonchev–Trinajstić information content (AvgIpc) is 3.33. The fourth-order valence-electron chi connectivity index (χ4n) is 3.22. The third-order valence-corrected chi connectivity index (χ3v) is 5.88. The molecule has 28 heavy (non-hydrogen) atoms. The lowest BCUT2D eigenvalue weighted by molar-refractivity contribution is 0.415. The van der Waals surface area contributed by atoms with Gasteiger partial charge in [-0.05, 0) is 36.2 Å². The van der Waals surface area contributed by atoms with Crippen molar-refractivity contribution in [3.8, 4) is 27.3 Å². The van der Waals surface area contributed by atoms with Crippen LogP contribution in [0.2, 0.25) is 0 Å². The summed E-state index contributed by atoms with van der Waals surface area (Å²) in [7, 11) is 1.63. The van der Waals surface area contributed by atoms with E-state index in [0.29, 0.717) is 0 Å². The Kier molecular flexibility index (Phi) is 5.23. The maximum Gasteiger partial charge on any atom is 0.125 e. The number of aromatic nitrogens is 3. The minimum absolute atomic E-state index is 0.189. The van der Waals surface area contributed by atoms with Crippen molar-refractivity contribution in [2.75, 3.05) is 7.11 Å². The number of pyridine rings is 1. The molecule has 0 spiro atoms. The Bertz CT molecular complexity index is 1160. The van der Waals surface area contributed by atoms with Gasteiger partial charge in [0.1, 0.15) is 10.6 Å². The van der Waals surface area contributed by atoms with Gasteiger partial charge in [0.25, 0.3) is 0 Å². The van der Waals surface area contributed by atoms with Gasteiger partial charge in [0.2, 0.25) is 0 Å². The molecule has 0 fully saturated rings. The van der Waals surface area contributed by atoms with Gasteiger partial charge in [0.05, 0.1) is 13.3 Å².